The van der Waals surface area contributed by atoms with Crippen molar-refractivity contribution in [1.29, 1.82) is 0 Å². The second-order valence-electron chi connectivity index (χ2n) is 4.55. The summed E-state index contributed by atoms with van der Waals surface area (Å²) in [6.45, 7) is 0.0395. The van der Waals surface area contributed by atoms with Crippen LogP contribution >= 0.6 is 0 Å². The lowest BCUT2D eigenvalue weighted by molar-refractivity contribution is 0.187. The van der Waals surface area contributed by atoms with Crippen LogP contribution in [-0.4, -0.2) is 33.0 Å². The van der Waals surface area contributed by atoms with Crippen molar-refractivity contribution in [3.8, 4) is 0 Å². The highest BCUT2D eigenvalue weighted by atomic mass is 16.3. The van der Waals surface area contributed by atoms with Gasteiger partial charge in [-0.2, -0.15) is 0 Å². The molecule has 17 heavy (non-hydrogen) atoms. The van der Waals surface area contributed by atoms with Gasteiger partial charge in [-0.15, -0.1) is 0 Å². The molecular weight excluding hydrogens is 224 g/mol. The molecule has 6 heteroatoms. The van der Waals surface area contributed by atoms with Crippen molar-refractivity contribution < 1.29 is 10.2 Å². The van der Waals surface area contributed by atoms with Crippen LogP contribution in [0.1, 0.15) is 18.9 Å². The van der Waals surface area contributed by atoms with Crippen LogP contribution in [0.15, 0.2) is 21.9 Å². The number of hydrogen-bond acceptors (Lipinski definition) is 4. The summed E-state index contributed by atoms with van der Waals surface area (Å²) >= 11 is 0. The topological polar surface area (TPSA) is 95.3 Å². The summed E-state index contributed by atoms with van der Waals surface area (Å²) in [6, 6.07) is 1.14. The van der Waals surface area contributed by atoms with Crippen LogP contribution in [-0.2, 0) is 0 Å². The smallest absolute Gasteiger partial charge is 0.328 e. The fraction of sp³-hybridized carbons (Fsp3) is 0.636. The maximum atomic E-state index is 11.6. The Hall–Kier alpha value is -1.40. The van der Waals surface area contributed by atoms with Gasteiger partial charge in [0.05, 0.1) is 0 Å². The minimum absolute atomic E-state index is 0.0211. The first-order valence-corrected chi connectivity index (χ1v) is 5.69. The zero-order valence-corrected chi connectivity index (χ0v) is 9.37. The molecule has 1 aliphatic carbocycles. The molecular formula is C11H16N2O4. The molecule has 1 heterocycles. The van der Waals surface area contributed by atoms with E-state index in [0.717, 1.165) is 0 Å². The Balaban J connectivity index is 2.32. The highest BCUT2D eigenvalue weighted by Gasteiger charge is 2.34. The molecule has 0 aromatic carbocycles. The van der Waals surface area contributed by atoms with E-state index in [4.69, 9.17) is 5.11 Å². The number of rotatable bonds is 3. The zero-order valence-electron chi connectivity index (χ0n) is 9.37. The van der Waals surface area contributed by atoms with Gasteiger partial charge in [0.2, 0.25) is 0 Å². The molecule has 0 bridgehead atoms. The molecule has 6 nitrogen and oxygen atoms in total. The molecule has 0 unspecified atom stereocenters. The van der Waals surface area contributed by atoms with Crippen LogP contribution in [0.25, 0.3) is 0 Å². The third-order valence-corrected chi connectivity index (χ3v) is 3.46. The number of hydrogen-bond donors (Lipinski definition) is 3. The van der Waals surface area contributed by atoms with Gasteiger partial charge >= 0.3 is 5.69 Å². The maximum Gasteiger partial charge on any atom is 0.328 e. The van der Waals surface area contributed by atoms with Gasteiger partial charge in [0.1, 0.15) is 0 Å². The number of nitrogens with one attached hydrogen (secondary N) is 1. The van der Waals surface area contributed by atoms with E-state index in [0.29, 0.717) is 12.8 Å². The fourth-order valence-electron chi connectivity index (χ4n) is 2.59. The standard InChI is InChI=1S/C11H16N2O4/c14-5-7-3-8(6-15)9(4-7)13-2-1-10(16)12-11(13)17/h1-2,7-9,14-15H,3-6H2,(H,12,16,17)/t7-,8-,9-/m1/s1. The first-order chi connectivity index (χ1) is 8.15. The van der Waals surface area contributed by atoms with E-state index in [1.54, 1.807) is 0 Å². The summed E-state index contributed by atoms with van der Waals surface area (Å²) in [7, 11) is 0. The van der Waals surface area contributed by atoms with E-state index in [1.807, 2.05) is 0 Å². The quantitative estimate of drug-likeness (QED) is 0.637. The van der Waals surface area contributed by atoms with Crippen molar-refractivity contribution >= 4 is 0 Å². The molecule has 3 atom stereocenters. The van der Waals surface area contributed by atoms with Crippen LogP contribution in [0.2, 0.25) is 0 Å². The Morgan fingerprint density at radius 2 is 2.06 bits per heavy atom. The Bertz CT molecular complexity index is 493. The Morgan fingerprint density at radius 3 is 2.65 bits per heavy atom. The molecule has 2 rings (SSSR count). The number of nitrogens with zero attached hydrogens (tertiary/aromatic N) is 1. The summed E-state index contributed by atoms with van der Waals surface area (Å²) in [5.74, 6) is 0.0618. The second-order valence-corrected chi connectivity index (χ2v) is 4.55. The van der Waals surface area contributed by atoms with Crippen LogP contribution in [0.4, 0.5) is 0 Å². The number of aromatic nitrogens is 2. The maximum absolute atomic E-state index is 11.6. The number of aliphatic hydroxyl groups excluding tert-OH is 2. The molecule has 3 N–H and O–H groups in total. The lowest BCUT2D eigenvalue weighted by Crippen LogP contribution is -2.33. The van der Waals surface area contributed by atoms with Crippen molar-refractivity contribution in [3.63, 3.8) is 0 Å². The summed E-state index contributed by atoms with van der Waals surface area (Å²) in [5.41, 5.74) is -0.886. The number of aromatic amines is 1. The summed E-state index contributed by atoms with van der Waals surface area (Å²) in [4.78, 5) is 24.8. The molecule has 0 amide bonds. The van der Waals surface area contributed by atoms with Crippen molar-refractivity contribution in [3.05, 3.63) is 33.1 Å². The minimum Gasteiger partial charge on any atom is -0.396 e. The molecule has 0 aliphatic heterocycles. The Labute approximate surface area is 97.5 Å². The monoisotopic (exact) mass is 240 g/mol. The Morgan fingerprint density at radius 1 is 1.29 bits per heavy atom. The summed E-state index contributed by atoms with van der Waals surface area (Å²) < 4.78 is 1.44. The van der Waals surface area contributed by atoms with Gasteiger partial charge in [-0.1, -0.05) is 0 Å². The van der Waals surface area contributed by atoms with Gasteiger partial charge in [-0.05, 0) is 18.8 Å². The predicted octanol–water partition coefficient (Wildman–Crippen LogP) is -0.912. The van der Waals surface area contributed by atoms with Gasteiger partial charge in [-0.25, -0.2) is 4.79 Å². The van der Waals surface area contributed by atoms with E-state index < -0.39 is 11.2 Å². The molecule has 1 aromatic heterocycles. The molecule has 1 aromatic rings. The number of aliphatic hydroxyl groups is 2. The second kappa shape index (κ2) is 4.85. The third kappa shape index (κ3) is 2.32. The molecule has 0 saturated heterocycles. The summed E-state index contributed by atoms with van der Waals surface area (Å²) in [5, 5.41) is 18.4. The highest BCUT2D eigenvalue weighted by Crippen LogP contribution is 2.38. The molecule has 94 valence electrons. The molecule has 0 spiro atoms. The van der Waals surface area contributed by atoms with Crippen molar-refractivity contribution in [1.82, 2.24) is 9.55 Å². The van der Waals surface area contributed by atoms with Crippen molar-refractivity contribution in [2.24, 2.45) is 11.8 Å². The van der Waals surface area contributed by atoms with Gasteiger partial charge in [0.25, 0.3) is 5.56 Å². The molecule has 1 fully saturated rings. The van der Waals surface area contributed by atoms with Gasteiger partial charge < -0.3 is 10.2 Å². The fourth-order valence-corrected chi connectivity index (χ4v) is 2.59. The summed E-state index contributed by atoms with van der Waals surface area (Å²) in [6.07, 6.45) is 2.80. The lowest BCUT2D eigenvalue weighted by atomic mass is 10.0. The van der Waals surface area contributed by atoms with Crippen LogP contribution in [0.5, 0.6) is 0 Å². The van der Waals surface area contributed by atoms with E-state index in [-0.39, 0.29) is 31.1 Å². The van der Waals surface area contributed by atoms with Gasteiger partial charge in [0.15, 0.2) is 0 Å². The van der Waals surface area contributed by atoms with E-state index in [1.165, 1.54) is 16.8 Å². The van der Waals surface area contributed by atoms with Crippen LogP contribution in [0, 0.1) is 11.8 Å². The zero-order chi connectivity index (χ0) is 12.4. The minimum atomic E-state index is -0.459. The molecule has 1 aliphatic rings. The predicted molar refractivity (Wildman–Crippen MR) is 60.7 cm³/mol. The van der Waals surface area contributed by atoms with Crippen LogP contribution in [0.3, 0.4) is 0 Å². The lowest BCUT2D eigenvalue weighted by Gasteiger charge is -2.19. The van der Waals surface area contributed by atoms with Crippen molar-refractivity contribution in [2.45, 2.75) is 18.9 Å². The van der Waals surface area contributed by atoms with E-state index in [2.05, 4.69) is 4.98 Å². The highest BCUT2D eigenvalue weighted by molar-refractivity contribution is 4.92. The third-order valence-electron chi connectivity index (χ3n) is 3.46. The molecule has 1 saturated carbocycles. The van der Waals surface area contributed by atoms with Gasteiger partial charge in [0, 0.05) is 37.4 Å². The normalized spacial score (nSPS) is 28.5. The van der Waals surface area contributed by atoms with Crippen LogP contribution < -0.4 is 11.2 Å². The average Bonchev–Trinajstić information content (AvgIpc) is 2.72. The largest absolute Gasteiger partial charge is 0.396 e. The van der Waals surface area contributed by atoms with E-state index in [9.17, 15) is 14.7 Å². The Kier molecular flexibility index (Phi) is 3.44. The van der Waals surface area contributed by atoms with E-state index >= 15 is 0 Å². The first kappa shape index (κ1) is 12.1. The SMILES string of the molecule is O=c1ccn([C@@H]2C[C@H](CO)C[C@@H]2CO)c(=O)[nH]1. The van der Waals surface area contributed by atoms with Crippen molar-refractivity contribution in [2.75, 3.05) is 13.2 Å². The average molecular weight is 240 g/mol. The molecule has 0 radical (unpaired) electrons. The number of H-pyrrole nitrogens is 1. The first-order valence-electron chi connectivity index (χ1n) is 5.69. The van der Waals surface area contributed by atoms with Gasteiger partial charge in [-0.3, -0.25) is 14.3 Å².